The summed E-state index contributed by atoms with van der Waals surface area (Å²) in [4.78, 5) is 14.1. The number of esters is 1. The molecule has 21 heavy (non-hydrogen) atoms. The van der Waals surface area contributed by atoms with Crippen LogP contribution in [0.25, 0.3) is 0 Å². The molecular formula is C16H21NO4. The van der Waals surface area contributed by atoms with Crippen molar-refractivity contribution < 1.29 is 19.7 Å². The number of aliphatic hydroxyl groups excluding tert-OH is 2. The normalized spacial score (nSPS) is 36.7. The van der Waals surface area contributed by atoms with Gasteiger partial charge < -0.3 is 14.9 Å². The lowest BCUT2D eigenvalue weighted by Gasteiger charge is -2.42. The lowest BCUT2D eigenvalue weighted by molar-refractivity contribution is -0.157. The van der Waals surface area contributed by atoms with Crippen molar-refractivity contribution in [2.75, 3.05) is 7.11 Å². The van der Waals surface area contributed by atoms with E-state index in [9.17, 15) is 15.0 Å². The Labute approximate surface area is 124 Å². The maximum Gasteiger partial charge on any atom is 0.323 e. The molecule has 6 atom stereocenters. The Morgan fingerprint density at radius 3 is 2.57 bits per heavy atom. The average Bonchev–Trinajstić information content (AvgIpc) is 3.04. The molecule has 1 saturated heterocycles. The number of carbonyl (C=O) groups is 1. The van der Waals surface area contributed by atoms with E-state index in [0.717, 1.165) is 5.56 Å². The first-order chi connectivity index (χ1) is 10.1. The number of benzene rings is 1. The van der Waals surface area contributed by atoms with Gasteiger partial charge in [0.25, 0.3) is 0 Å². The number of ether oxygens (including phenoxy) is 1. The molecule has 2 N–H and O–H groups in total. The number of likely N-dealkylation sites (tertiary alicyclic amines) is 1. The summed E-state index contributed by atoms with van der Waals surface area (Å²) in [6, 6.07) is 9.16. The number of aliphatic hydroxyl groups is 2. The van der Waals surface area contributed by atoms with Crippen LogP contribution < -0.4 is 0 Å². The van der Waals surface area contributed by atoms with Gasteiger partial charge >= 0.3 is 5.97 Å². The third-order valence-electron chi connectivity index (χ3n) is 4.98. The molecule has 1 saturated carbocycles. The lowest BCUT2D eigenvalue weighted by Crippen LogP contribution is -2.57. The molecule has 1 unspecified atom stereocenters. The summed E-state index contributed by atoms with van der Waals surface area (Å²) in [6.07, 6.45) is -1.03. The van der Waals surface area contributed by atoms with Crippen LogP contribution in [0.5, 0.6) is 0 Å². The SMILES string of the molecule is COC(=O)[C@@H]1[C@@H]2C[C@@H]([C@H](O)[C@@H]2O)N1C(C)c1ccccc1. The molecule has 0 spiro atoms. The number of fused-ring (bicyclic) bond motifs is 2. The van der Waals surface area contributed by atoms with E-state index in [-0.39, 0.29) is 24.0 Å². The molecule has 3 rings (SSSR count). The number of carbonyl (C=O) groups excluding carboxylic acids is 1. The van der Waals surface area contributed by atoms with E-state index in [4.69, 9.17) is 4.74 Å². The summed E-state index contributed by atoms with van der Waals surface area (Å²) < 4.78 is 4.91. The molecule has 5 nitrogen and oxygen atoms in total. The van der Waals surface area contributed by atoms with Gasteiger partial charge in [-0.15, -0.1) is 0 Å². The van der Waals surface area contributed by atoms with Crippen molar-refractivity contribution in [1.29, 1.82) is 0 Å². The second-order valence-corrected chi connectivity index (χ2v) is 5.95. The van der Waals surface area contributed by atoms with Crippen molar-refractivity contribution in [3.8, 4) is 0 Å². The Kier molecular flexibility index (Phi) is 3.73. The molecule has 2 fully saturated rings. The minimum Gasteiger partial charge on any atom is -0.468 e. The summed E-state index contributed by atoms with van der Waals surface area (Å²) in [5.74, 6) is -0.597. The maximum absolute atomic E-state index is 12.1. The second kappa shape index (κ2) is 5.40. The van der Waals surface area contributed by atoms with Gasteiger partial charge in [0.15, 0.2) is 0 Å². The number of piperidine rings is 1. The summed E-state index contributed by atoms with van der Waals surface area (Å²) in [5, 5.41) is 20.3. The van der Waals surface area contributed by atoms with Crippen molar-refractivity contribution in [3.05, 3.63) is 35.9 Å². The molecular weight excluding hydrogens is 270 g/mol. The summed E-state index contributed by atoms with van der Waals surface area (Å²) in [7, 11) is 1.36. The highest BCUT2D eigenvalue weighted by Gasteiger charge is 2.60. The van der Waals surface area contributed by atoms with E-state index in [2.05, 4.69) is 0 Å². The van der Waals surface area contributed by atoms with Crippen molar-refractivity contribution in [3.63, 3.8) is 0 Å². The first-order valence-electron chi connectivity index (χ1n) is 7.32. The summed E-state index contributed by atoms with van der Waals surface area (Å²) in [5.41, 5.74) is 1.08. The monoisotopic (exact) mass is 291 g/mol. The van der Waals surface area contributed by atoms with Gasteiger partial charge in [-0.3, -0.25) is 9.69 Å². The fraction of sp³-hybridized carbons (Fsp3) is 0.562. The molecule has 0 radical (unpaired) electrons. The highest BCUT2D eigenvalue weighted by molar-refractivity contribution is 5.77. The molecule has 1 aliphatic carbocycles. The third kappa shape index (κ3) is 2.16. The number of nitrogens with zero attached hydrogens (tertiary/aromatic N) is 1. The standard InChI is InChI=1S/C16H21NO4/c1-9(10-6-4-3-5-7-10)17-12-8-11(14(18)15(12)19)13(17)16(20)21-2/h3-7,9,11-15,18-19H,8H2,1-2H3/t9?,11-,12-,13-,14+,15-/m0/s1. The molecule has 5 heteroatoms. The zero-order valence-electron chi connectivity index (χ0n) is 12.2. The van der Waals surface area contributed by atoms with Crippen LogP contribution in [-0.2, 0) is 9.53 Å². The molecule has 114 valence electrons. The Morgan fingerprint density at radius 2 is 1.95 bits per heavy atom. The van der Waals surface area contributed by atoms with Gasteiger partial charge in [-0.05, 0) is 18.9 Å². The zero-order chi connectivity index (χ0) is 15.1. The predicted molar refractivity (Wildman–Crippen MR) is 76.4 cm³/mol. The van der Waals surface area contributed by atoms with Crippen molar-refractivity contribution in [2.24, 2.45) is 5.92 Å². The first-order valence-corrected chi connectivity index (χ1v) is 7.32. The molecule has 1 heterocycles. The van der Waals surface area contributed by atoms with Gasteiger partial charge in [0, 0.05) is 18.0 Å². The van der Waals surface area contributed by atoms with Crippen molar-refractivity contribution in [2.45, 2.75) is 43.7 Å². The van der Waals surface area contributed by atoms with Crippen molar-refractivity contribution in [1.82, 2.24) is 4.90 Å². The molecule has 1 aromatic carbocycles. The number of methoxy groups -OCH3 is 1. The van der Waals surface area contributed by atoms with E-state index in [1.54, 1.807) is 0 Å². The third-order valence-corrected chi connectivity index (χ3v) is 4.98. The minimum absolute atomic E-state index is 0.0209. The topological polar surface area (TPSA) is 70.0 Å². The quantitative estimate of drug-likeness (QED) is 0.803. The van der Waals surface area contributed by atoms with Crippen LogP contribution in [0.15, 0.2) is 30.3 Å². The number of hydrogen-bond donors (Lipinski definition) is 2. The fourth-order valence-electron chi connectivity index (χ4n) is 3.93. The highest BCUT2D eigenvalue weighted by atomic mass is 16.5. The second-order valence-electron chi connectivity index (χ2n) is 5.95. The van der Waals surface area contributed by atoms with Crippen LogP contribution in [0.4, 0.5) is 0 Å². The van der Waals surface area contributed by atoms with E-state index in [1.165, 1.54) is 7.11 Å². The van der Waals surface area contributed by atoms with Crippen LogP contribution in [0, 0.1) is 5.92 Å². The van der Waals surface area contributed by atoms with E-state index in [0.29, 0.717) is 6.42 Å². The van der Waals surface area contributed by atoms with E-state index < -0.39 is 18.2 Å². The molecule has 2 aliphatic rings. The lowest BCUT2D eigenvalue weighted by atomic mass is 9.92. The summed E-state index contributed by atoms with van der Waals surface area (Å²) in [6.45, 7) is 2.02. The largest absolute Gasteiger partial charge is 0.468 e. The maximum atomic E-state index is 12.1. The van der Waals surface area contributed by atoms with Crippen LogP contribution in [-0.4, -0.2) is 52.5 Å². The van der Waals surface area contributed by atoms with Crippen LogP contribution in [0.3, 0.4) is 0 Å². The molecule has 1 aromatic rings. The average molecular weight is 291 g/mol. The molecule has 0 aromatic heterocycles. The zero-order valence-corrected chi connectivity index (χ0v) is 12.2. The Morgan fingerprint density at radius 1 is 1.29 bits per heavy atom. The van der Waals surface area contributed by atoms with Crippen LogP contribution in [0.1, 0.15) is 24.9 Å². The van der Waals surface area contributed by atoms with Gasteiger partial charge in [-0.2, -0.15) is 0 Å². The van der Waals surface area contributed by atoms with Crippen molar-refractivity contribution >= 4 is 5.97 Å². The fourth-order valence-corrected chi connectivity index (χ4v) is 3.93. The Balaban J connectivity index is 1.93. The van der Waals surface area contributed by atoms with Gasteiger partial charge in [0.1, 0.15) is 6.04 Å². The van der Waals surface area contributed by atoms with Gasteiger partial charge in [0.05, 0.1) is 19.3 Å². The number of hydrogen-bond acceptors (Lipinski definition) is 5. The van der Waals surface area contributed by atoms with Crippen LogP contribution in [0.2, 0.25) is 0 Å². The van der Waals surface area contributed by atoms with E-state index >= 15 is 0 Å². The van der Waals surface area contributed by atoms with Crippen LogP contribution >= 0.6 is 0 Å². The van der Waals surface area contributed by atoms with Gasteiger partial charge in [0.2, 0.25) is 0 Å². The summed E-state index contributed by atoms with van der Waals surface area (Å²) >= 11 is 0. The number of rotatable bonds is 3. The Bertz CT molecular complexity index is 520. The molecule has 0 amide bonds. The first kappa shape index (κ1) is 14.5. The smallest absolute Gasteiger partial charge is 0.323 e. The van der Waals surface area contributed by atoms with Gasteiger partial charge in [-0.25, -0.2) is 0 Å². The van der Waals surface area contributed by atoms with Gasteiger partial charge in [-0.1, -0.05) is 30.3 Å². The molecule has 2 bridgehead atoms. The molecule has 1 aliphatic heterocycles. The highest BCUT2D eigenvalue weighted by Crippen LogP contribution is 2.47. The Hall–Kier alpha value is -1.43. The van der Waals surface area contributed by atoms with E-state index in [1.807, 2.05) is 42.2 Å². The minimum atomic E-state index is -0.849. The predicted octanol–water partition coefficient (Wildman–Crippen LogP) is 0.715.